The molecule has 0 heterocycles. The molecule has 2 N–H and O–H groups in total. The molecule has 1 amide bonds. The summed E-state index contributed by atoms with van der Waals surface area (Å²) >= 11 is 0. The Hall–Kier alpha value is -2.15. The van der Waals surface area contributed by atoms with Gasteiger partial charge in [0.05, 0.1) is 4.92 Å². The molecule has 0 aliphatic rings. The lowest BCUT2D eigenvalue weighted by molar-refractivity contribution is -0.384. The number of nitrogens with zero attached hydrogens (tertiary/aromatic N) is 2. The van der Waals surface area contributed by atoms with E-state index in [9.17, 15) is 14.9 Å². The summed E-state index contributed by atoms with van der Waals surface area (Å²) in [6.07, 6.45) is 0.861. The standard InChI is InChI=1S/C12H18N4O3/c1-4-7-13-10-6-5-9(8-11(10)16(18)19)12(17)14-15(2)3/h5-6,8,13H,4,7H2,1-3H3,(H,14,17). The van der Waals surface area contributed by atoms with E-state index in [0.717, 1.165) is 6.42 Å². The van der Waals surface area contributed by atoms with Crippen LogP contribution < -0.4 is 10.7 Å². The fourth-order valence-electron chi connectivity index (χ4n) is 1.50. The Kier molecular flexibility index (Phi) is 5.25. The zero-order chi connectivity index (χ0) is 14.4. The Bertz CT molecular complexity index is 474. The summed E-state index contributed by atoms with van der Waals surface area (Å²) in [4.78, 5) is 22.3. The second-order valence-corrected chi connectivity index (χ2v) is 4.25. The van der Waals surface area contributed by atoms with E-state index < -0.39 is 4.92 Å². The molecule has 1 aromatic carbocycles. The van der Waals surface area contributed by atoms with Crippen molar-refractivity contribution in [2.45, 2.75) is 13.3 Å². The Morgan fingerprint density at radius 3 is 2.63 bits per heavy atom. The van der Waals surface area contributed by atoms with Crippen LogP contribution in [-0.4, -0.2) is 36.5 Å². The first kappa shape index (κ1) is 14.9. The van der Waals surface area contributed by atoms with E-state index in [1.807, 2.05) is 6.92 Å². The van der Waals surface area contributed by atoms with Crippen molar-refractivity contribution in [3.63, 3.8) is 0 Å². The van der Waals surface area contributed by atoms with Crippen LogP contribution in [0.3, 0.4) is 0 Å². The Morgan fingerprint density at radius 2 is 2.11 bits per heavy atom. The van der Waals surface area contributed by atoms with E-state index in [2.05, 4.69) is 10.7 Å². The molecule has 0 fully saturated rings. The fraction of sp³-hybridized carbons (Fsp3) is 0.417. The number of carbonyl (C=O) groups is 1. The van der Waals surface area contributed by atoms with Crippen LogP contribution in [0.4, 0.5) is 11.4 Å². The van der Waals surface area contributed by atoms with Gasteiger partial charge in [0.1, 0.15) is 5.69 Å². The minimum absolute atomic E-state index is 0.0974. The van der Waals surface area contributed by atoms with Gasteiger partial charge in [0.15, 0.2) is 0 Å². The lowest BCUT2D eigenvalue weighted by Gasteiger charge is -2.12. The minimum Gasteiger partial charge on any atom is -0.380 e. The van der Waals surface area contributed by atoms with E-state index in [1.165, 1.54) is 11.1 Å². The number of hydrazine groups is 1. The number of nitrogens with one attached hydrogen (secondary N) is 2. The van der Waals surface area contributed by atoms with Gasteiger partial charge in [-0.1, -0.05) is 6.92 Å². The van der Waals surface area contributed by atoms with E-state index in [0.29, 0.717) is 12.2 Å². The molecule has 1 rings (SSSR count). The van der Waals surface area contributed by atoms with Crippen molar-refractivity contribution in [1.29, 1.82) is 0 Å². The summed E-state index contributed by atoms with van der Waals surface area (Å²) in [5.41, 5.74) is 3.12. The molecule has 0 unspecified atom stereocenters. The Morgan fingerprint density at radius 1 is 1.42 bits per heavy atom. The number of hydrogen-bond acceptors (Lipinski definition) is 5. The summed E-state index contributed by atoms with van der Waals surface area (Å²) < 4.78 is 0. The van der Waals surface area contributed by atoms with Crippen LogP contribution >= 0.6 is 0 Å². The van der Waals surface area contributed by atoms with Crippen LogP contribution in [0, 0.1) is 10.1 Å². The van der Waals surface area contributed by atoms with Crippen molar-refractivity contribution in [3.8, 4) is 0 Å². The van der Waals surface area contributed by atoms with E-state index >= 15 is 0 Å². The molecule has 0 spiro atoms. The fourth-order valence-corrected chi connectivity index (χ4v) is 1.50. The first-order valence-corrected chi connectivity index (χ1v) is 5.96. The summed E-state index contributed by atoms with van der Waals surface area (Å²) in [5.74, 6) is -0.379. The maximum absolute atomic E-state index is 11.8. The van der Waals surface area contributed by atoms with Gasteiger partial charge in [-0.15, -0.1) is 0 Å². The van der Waals surface area contributed by atoms with Crippen molar-refractivity contribution < 1.29 is 9.72 Å². The van der Waals surface area contributed by atoms with Gasteiger partial charge in [0.25, 0.3) is 11.6 Å². The van der Waals surface area contributed by atoms with Gasteiger partial charge in [0, 0.05) is 32.3 Å². The van der Waals surface area contributed by atoms with Gasteiger partial charge >= 0.3 is 0 Å². The number of nitro benzene ring substituents is 1. The summed E-state index contributed by atoms with van der Waals surface area (Å²) in [5, 5.41) is 15.5. The van der Waals surface area contributed by atoms with Crippen LogP contribution in [0.15, 0.2) is 18.2 Å². The number of rotatable bonds is 6. The van der Waals surface area contributed by atoms with Gasteiger partial charge in [-0.3, -0.25) is 20.3 Å². The summed E-state index contributed by atoms with van der Waals surface area (Å²) in [6.45, 7) is 2.61. The Labute approximate surface area is 111 Å². The van der Waals surface area contributed by atoms with Crippen LogP contribution in [0.1, 0.15) is 23.7 Å². The van der Waals surface area contributed by atoms with Gasteiger partial charge in [-0.2, -0.15) is 0 Å². The maximum Gasteiger partial charge on any atom is 0.293 e. The molecular formula is C12H18N4O3. The molecule has 0 saturated carbocycles. The largest absolute Gasteiger partial charge is 0.380 e. The molecule has 104 valence electrons. The second kappa shape index (κ2) is 6.69. The molecule has 1 aromatic rings. The zero-order valence-electron chi connectivity index (χ0n) is 11.3. The number of carbonyl (C=O) groups excluding carboxylic acids is 1. The molecule has 7 nitrogen and oxygen atoms in total. The third kappa shape index (κ3) is 4.22. The number of hydrogen-bond donors (Lipinski definition) is 2. The Balaban J connectivity index is 3.02. The molecule has 7 heteroatoms. The first-order valence-electron chi connectivity index (χ1n) is 5.96. The number of benzene rings is 1. The lowest BCUT2D eigenvalue weighted by atomic mass is 10.1. The predicted octanol–water partition coefficient (Wildman–Crippen LogP) is 1.62. The van der Waals surface area contributed by atoms with Crippen LogP contribution in [-0.2, 0) is 0 Å². The van der Waals surface area contributed by atoms with E-state index in [1.54, 1.807) is 26.2 Å². The lowest BCUT2D eigenvalue weighted by Crippen LogP contribution is -2.36. The monoisotopic (exact) mass is 266 g/mol. The molecule has 0 aliphatic heterocycles. The smallest absolute Gasteiger partial charge is 0.293 e. The van der Waals surface area contributed by atoms with Crippen molar-refractivity contribution in [2.24, 2.45) is 0 Å². The van der Waals surface area contributed by atoms with Gasteiger partial charge in [0.2, 0.25) is 0 Å². The molecule has 19 heavy (non-hydrogen) atoms. The molecule has 0 radical (unpaired) electrons. The van der Waals surface area contributed by atoms with E-state index in [-0.39, 0.29) is 17.2 Å². The molecular weight excluding hydrogens is 248 g/mol. The van der Waals surface area contributed by atoms with Gasteiger partial charge in [-0.05, 0) is 18.6 Å². The number of amides is 1. The van der Waals surface area contributed by atoms with Crippen molar-refractivity contribution >= 4 is 17.3 Å². The van der Waals surface area contributed by atoms with Gasteiger partial charge in [-0.25, -0.2) is 5.01 Å². The average Bonchev–Trinajstić information content (AvgIpc) is 2.35. The topological polar surface area (TPSA) is 87.5 Å². The molecule has 0 saturated heterocycles. The van der Waals surface area contributed by atoms with Crippen molar-refractivity contribution in [3.05, 3.63) is 33.9 Å². The molecule has 0 aliphatic carbocycles. The molecule has 0 atom stereocenters. The maximum atomic E-state index is 11.8. The highest BCUT2D eigenvalue weighted by molar-refractivity contribution is 5.95. The normalized spacial score (nSPS) is 10.3. The van der Waals surface area contributed by atoms with Crippen molar-refractivity contribution in [2.75, 3.05) is 26.0 Å². The number of nitro groups is 1. The summed E-state index contributed by atoms with van der Waals surface area (Å²) in [7, 11) is 3.34. The van der Waals surface area contributed by atoms with Crippen molar-refractivity contribution in [1.82, 2.24) is 10.4 Å². The minimum atomic E-state index is -0.496. The third-order valence-electron chi connectivity index (χ3n) is 2.35. The number of anilines is 1. The summed E-state index contributed by atoms with van der Waals surface area (Å²) in [6, 6.07) is 4.39. The van der Waals surface area contributed by atoms with Gasteiger partial charge < -0.3 is 5.32 Å². The highest BCUT2D eigenvalue weighted by Gasteiger charge is 2.17. The highest BCUT2D eigenvalue weighted by atomic mass is 16.6. The first-order chi connectivity index (χ1) is 8.95. The quantitative estimate of drug-likeness (QED) is 0.603. The second-order valence-electron chi connectivity index (χ2n) is 4.25. The van der Waals surface area contributed by atoms with Crippen LogP contribution in [0.2, 0.25) is 0 Å². The third-order valence-corrected chi connectivity index (χ3v) is 2.35. The predicted molar refractivity (Wildman–Crippen MR) is 73.0 cm³/mol. The SMILES string of the molecule is CCCNc1ccc(C(=O)NN(C)C)cc1[N+](=O)[O-]. The van der Waals surface area contributed by atoms with E-state index in [4.69, 9.17) is 0 Å². The molecule has 0 bridgehead atoms. The average molecular weight is 266 g/mol. The van der Waals surface area contributed by atoms with Crippen LogP contribution in [0.25, 0.3) is 0 Å². The highest BCUT2D eigenvalue weighted by Crippen LogP contribution is 2.25. The molecule has 0 aromatic heterocycles. The zero-order valence-corrected chi connectivity index (χ0v) is 11.3. The van der Waals surface area contributed by atoms with Crippen LogP contribution in [0.5, 0.6) is 0 Å².